The van der Waals surface area contributed by atoms with E-state index in [0.29, 0.717) is 29.2 Å². The van der Waals surface area contributed by atoms with Crippen molar-refractivity contribution in [3.63, 3.8) is 0 Å². The molecule has 0 saturated carbocycles. The Kier molecular flexibility index (Phi) is 5.23. The zero-order chi connectivity index (χ0) is 17.9. The molecule has 0 fully saturated rings. The Morgan fingerprint density at radius 1 is 1.12 bits per heavy atom. The molecule has 2 aromatic carbocycles. The van der Waals surface area contributed by atoms with Gasteiger partial charge in [0.25, 0.3) is 0 Å². The topological polar surface area (TPSA) is 116 Å². The number of carbonyl (C=O) groups is 1. The second kappa shape index (κ2) is 7.00. The van der Waals surface area contributed by atoms with Gasteiger partial charge in [-0.2, -0.15) is 0 Å². The number of rotatable bonds is 6. The van der Waals surface area contributed by atoms with E-state index in [9.17, 15) is 13.2 Å². The molecule has 0 saturated heterocycles. The van der Waals surface area contributed by atoms with Crippen molar-refractivity contribution in [1.82, 2.24) is 4.90 Å². The van der Waals surface area contributed by atoms with Crippen molar-refractivity contribution in [3.05, 3.63) is 53.6 Å². The lowest BCUT2D eigenvalue weighted by molar-refractivity contribution is 0.100. The SMILES string of the molecule is CN(C)Cc1cc(S(N)(=O)=O)ccc1Oc1ccc(C(N)=O)cc1. The first-order chi connectivity index (χ1) is 11.2. The summed E-state index contributed by atoms with van der Waals surface area (Å²) in [4.78, 5) is 13.0. The van der Waals surface area contributed by atoms with Crippen LogP contribution in [0.1, 0.15) is 15.9 Å². The predicted octanol–water partition coefficient (Wildman–Crippen LogP) is 1.29. The van der Waals surface area contributed by atoms with E-state index in [4.69, 9.17) is 15.6 Å². The maximum atomic E-state index is 11.5. The molecular weight excluding hydrogens is 330 g/mol. The van der Waals surface area contributed by atoms with Gasteiger partial charge in [-0.25, -0.2) is 13.6 Å². The summed E-state index contributed by atoms with van der Waals surface area (Å²) in [6, 6.07) is 10.8. The highest BCUT2D eigenvalue weighted by Gasteiger charge is 2.14. The molecular formula is C16H19N3O4S. The van der Waals surface area contributed by atoms with E-state index >= 15 is 0 Å². The molecule has 0 unspecified atom stereocenters. The van der Waals surface area contributed by atoms with Gasteiger partial charge < -0.3 is 15.4 Å². The molecule has 0 spiro atoms. The van der Waals surface area contributed by atoms with Gasteiger partial charge in [-0.05, 0) is 56.6 Å². The monoisotopic (exact) mass is 349 g/mol. The van der Waals surface area contributed by atoms with Crippen LogP contribution >= 0.6 is 0 Å². The number of amides is 1. The van der Waals surface area contributed by atoms with Gasteiger partial charge in [0.15, 0.2) is 0 Å². The van der Waals surface area contributed by atoms with Crippen molar-refractivity contribution in [1.29, 1.82) is 0 Å². The van der Waals surface area contributed by atoms with Crippen molar-refractivity contribution in [2.75, 3.05) is 14.1 Å². The number of primary sulfonamides is 1. The van der Waals surface area contributed by atoms with Crippen LogP contribution in [0.5, 0.6) is 11.5 Å². The third-order valence-electron chi connectivity index (χ3n) is 3.21. The average Bonchev–Trinajstić information content (AvgIpc) is 2.48. The molecule has 24 heavy (non-hydrogen) atoms. The van der Waals surface area contributed by atoms with E-state index in [0.717, 1.165) is 0 Å². The Balaban J connectivity index is 2.36. The molecule has 0 atom stereocenters. The number of hydrogen-bond acceptors (Lipinski definition) is 5. The second-order valence-corrected chi connectivity index (χ2v) is 7.10. The Hall–Kier alpha value is -2.42. The first-order valence-electron chi connectivity index (χ1n) is 7.05. The van der Waals surface area contributed by atoms with Crippen LogP contribution in [0.15, 0.2) is 47.4 Å². The molecule has 0 bridgehead atoms. The maximum Gasteiger partial charge on any atom is 0.248 e. The fourth-order valence-corrected chi connectivity index (χ4v) is 2.68. The van der Waals surface area contributed by atoms with Crippen molar-refractivity contribution >= 4 is 15.9 Å². The fourth-order valence-electron chi connectivity index (χ4n) is 2.11. The van der Waals surface area contributed by atoms with Gasteiger partial charge in [0.05, 0.1) is 4.90 Å². The Morgan fingerprint density at radius 3 is 2.25 bits per heavy atom. The third-order valence-corrected chi connectivity index (χ3v) is 4.12. The summed E-state index contributed by atoms with van der Waals surface area (Å²) < 4.78 is 28.8. The van der Waals surface area contributed by atoms with Crippen LogP contribution < -0.4 is 15.6 Å². The summed E-state index contributed by atoms with van der Waals surface area (Å²) in [5, 5.41) is 5.18. The molecule has 2 aromatic rings. The number of hydrogen-bond donors (Lipinski definition) is 2. The van der Waals surface area contributed by atoms with Crippen LogP contribution in [0, 0.1) is 0 Å². The molecule has 7 nitrogen and oxygen atoms in total. The molecule has 1 amide bonds. The van der Waals surface area contributed by atoms with E-state index in [-0.39, 0.29) is 4.90 Å². The van der Waals surface area contributed by atoms with Gasteiger partial charge in [0.1, 0.15) is 11.5 Å². The van der Waals surface area contributed by atoms with E-state index in [1.54, 1.807) is 30.3 Å². The van der Waals surface area contributed by atoms with Crippen LogP contribution in [-0.4, -0.2) is 33.3 Å². The summed E-state index contributed by atoms with van der Waals surface area (Å²) in [7, 11) is -0.0789. The van der Waals surface area contributed by atoms with Crippen LogP contribution in [0.2, 0.25) is 0 Å². The van der Waals surface area contributed by atoms with Crippen molar-refractivity contribution < 1.29 is 17.9 Å². The Bertz CT molecular complexity index is 846. The minimum Gasteiger partial charge on any atom is -0.457 e. The number of nitrogens with two attached hydrogens (primary N) is 2. The Morgan fingerprint density at radius 2 is 1.75 bits per heavy atom. The first-order valence-corrected chi connectivity index (χ1v) is 8.59. The number of sulfonamides is 1. The summed E-state index contributed by atoms with van der Waals surface area (Å²) in [6.45, 7) is 0.470. The van der Waals surface area contributed by atoms with E-state index in [1.165, 1.54) is 12.1 Å². The lowest BCUT2D eigenvalue weighted by atomic mass is 10.2. The number of carbonyl (C=O) groups excluding carboxylic acids is 1. The highest BCUT2D eigenvalue weighted by Crippen LogP contribution is 2.28. The van der Waals surface area contributed by atoms with Gasteiger partial charge in [-0.1, -0.05) is 0 Å². The molecule has 0 radical (unpaired) electrons. The van der Waals surface area contributed by atoms with Gasteiger partial charge in [0.2, 0.25) is 15.9 Å². The minimum absolute atomic E-state index is 0.0239. The van der Waals surface area contributed by atoms with Crippen LogP contribution in [0.3, 0.4) is 0 Å². The normalized spacial score (nSPS) is 11.5. The summed E-state index contributed by atoms with van der Waals surface area (Å²) in [6.07, 6.45) is 0. The molecule has 0 heterocycles. The van der Waals surface area contributed by atoms with Gasteiger partial charge in [-0.3, -0.25) is 4.79 Å². The van der Waals surface area contributed by atoms with Crippen LogP contribution in [-0.2, 0) is 16.6 Å². The minimum atomic E-state index is -3.79. The third kappa shape index (κ3) is 4.54. The van der Waals surface area contributed by atoms with Gasteiger partial charge in [-0.15, -0.1) is 0 Å². The molecule has 8 heteroatoms. The first kappa shape index (κ1) is 17.9. The Labute approximate surface area is 140 Å². The number of benzene rings is 2. The van der Waals surface area contributed by atoms with Crippen LogP contribution in [0.4, 0.5) is 0 Å². The number of primary amides is 1. The van der Waals surface area contributed by atoms with Gasteiger partial charge in [0, 0.05) is 17.7 Å². The molecule has 0 aromatic heterocycles. The van der Waals surface area contributed by atoms with Gasteiger partial charge >= 0.3 is 0 Å². The van der Waals surface area contributed by atoms with Crippen molar-refractivity contribution in [2.24, 2.45) is 10.9 Å². The lowest BCUT2D eigenvalue weighted by Crippen LogP contribution is -2.15. The highest BCUT2D eigenvalue weighted by molar-refractivity contribution is 7.89. The zero-order valence-corrected chi connectivity index (χ0v) is 14.2. The van der Waals surface area contributed by atoms with Crippen molar-refractivity contribution in [3.8, 4) is 11.5 Å². The highest BCUT2D eigenvalue weighted by atomic mass is 32.2. The fraction of sp³-hybridized carbons (Fsp3) is 0.188. The van der Waals surface area contributed by atoms with Crippen molar-refractivity contribution in [2.45, 2.75) is 11.4 Å². The number of ether oxygens (including phenoxy) is 1. The smallest absolute Gasteiger partial charge is 0.248 e. The lowest BCUT2D eigenvalue weighted by Gasteiger charge is -2.16. The van der Waals surface area contributed by atoms with E-state index < -0.39 is 15.9 Å². The predicted molar refractivity (Wildman–Crippen MR) is 90.2 cm³/mol. The molecule has 4 N–H and O–H groups in total. The molecule has 0 aliphatic rings. The summed E-state index contributed by atoms with van der Waals surface area (Å²) in [5.41, 5.74) is 6.25. The standard InChI is InChI=1S/C16H19N3O4S/c1-19(2)10-12-9-14(24(18,21)22)7-8-15(12)23-13-5-3-11(4-6-13)16(17)20/h3-9H,10H2,1-2H3,(H2,17,20)(H2,18,21,22). The molecule has 0 aliphatic carbocycles. The molecule has 0 aliphatic heterocycles. The quantitative estimate of drug-likeness (QED) is 0.815. The largest absolute Gasteiger partial charge is 0.457 e. The average molecular weight is 349 g/mol. The van der Waals surface area contributed by atoms with E-state index in [1.807, 2.05) is 19.0 Å². The second-order valence-electron chi connectivity index (χ2n) is 5.54. The molecule has 128 valence electrons. The summed E-state index contributed by atoms with van der Waals surface area (Å²) >= 11 is 0. The maximum absolute atomic E-state index is 11.5. The molecule has 2 rings (SSSR count). The summed E-state index contributed by atoms with van der Waals surface area (Å²) in [5.74, 6) is 0.485. The number of nitrogens with zero attached hydrogens (tertiary/aromatic N) is 1. The van der Waals surface area contributed by atoms with Crippen LogP contribution in [0.25, 0.3) is 0 Å². The van der Waals surface area contributed by atoms with E-state index in [2.05, 4.69) is 0 Å². The zero-order valence-electron chi connectivity index (χ0n) is 13.4.